The van der Waals surface area contributed by atoms with E-state index in [0.29, 0.717) is 34.3 Å². The summed E-state index contributed by atoms with van der Waals surface area (Å²) in [5, 5.41) is 3.57. The first-order valence-corrected chi connectivity index (χ1v) is 17.3. The number of benzene rings is 4. The van der Waals surface area contributed by atoms with Gasteiger partial charge in [0.15, 0.2) is 0 Å². The topological polar surface area (TPSA) is 86.8 Å². The van der Waals surface area contributed by atoms with Crippen LogP contribution >= 0.6 is 45.8 Å². The Labute approximate surface area is 282 Å². The maximum atomic E-state index is 14.5. The van der Waals surface area contributed by atoms with Crippen molar-refractivity contribution in [1.82, 2.24) is 10.2 Å². The van der Waals surface area contributed by atoms with Crippen molar-refractivity contribution in [2.75, 3.05) is 17.4 Å². The van der Waals surface area contributed by atoms with Gasteiger partial charge in [-0.3, -0.25) is 13.9 Å². The van der Waals surface area contributed by atoms with Gasteiger partial charge in [-0.1, -0.05) is 84.7 Å². The molecule has 0 unspecified atom stereocenters. The Morgan fingerprint density at radius 2 is 1.43 bits per heavy atom. The van der Waals surface area contributed by atoms with Crippen LogP contribution in [-0.4, -0.2) is 44.3 Å². The zero-order chi connectivity index (χ0) is 31.7. The van der Waals surface area contributed by atoms with Crippen LogP contribution in [0.2, 0.25) is 10.0 Å². The van der Waals surface area contributed by atoms with Crippen molar-refractivity contribution in [2.24, 2.45) is 0 Å². The van der Waals surface area contributed by atoms with Crippen LogP contribution in [0.5, 0.6) is 0 Å². The molecule has 0 aromatic heterocycles. The molecule has 7 nitrogen and oxygen atoms in total. The van der Waals surface area contributed by atoms with Crippen molar-refractivity contribution in [3.05, 3.63) is 128 Å². The highest BCUT2D eigenvalue weighted by molar-refractivity contribution is 14.1. The van der Waals surface area contributed by atoms with E-state index in [1.165, 1.54) is 17.0 Å². The molecule has 0 aliphatic rings. The average molecular weight is 765 g/mol. The zero-order valence-corrected chi connectivity index (χ0v) is 28.5. The Balaban J connectivity index is 1.82. The molecule has 0 spiro atoms. The van der Waals surface area contributed by atoms with Crippen molar-refractivity contribution in [2.45, 2.75) is 37.2 Å². The lowest BCUT2D eigenvalue weighted by atomic mass is 10.0. The van der Waals surface area contributed by atoms with E-state index in [1.54, 1.807) is 60.7 Å². The summed E-state index contributed by atoms with van der Waals surface area (Å²) >= 11 is 15.2. The van der Waals surface area contributed by atoms with E-state index in [-0.39, 0.29) is 23.8 Å². The zero-order valence-electron chi connectivity index (χ0n) is 24.0. The number of anilines is 1. The lowest BCUT2D eigenvalue weighted by Gasteiger charge is -2.34. The number of halogens is 3. The molecule has 0 fully saturated rings. The number of nitrogens with zero attached hydrogens (tertiary/aromatic N) is 2. The van der Waals surface area contributed by atoms with Crippen LogP contribution < -0.4 is 9.62 Å². The minimum Gasteiger partial charge on any atom is -0.354 e. The number of carbonyl (C=O) groups is 2. The van der Waals surface area contributed by atoms with Crippen LogP contribution in [0.15, 0.2) is 108 Å². The molecule has 1 N–H and O–H groups in total. The van der Waals surface area contributed by atoms with Crippen LogP contribution in [0.4, 0.5) is 5.69 Å². The van der Waals surface area contributed by atoms with E-state index in [2.05, 4.69) is 27.9 Å². The molecule has 0 saturated heterocycles. The second-order valence-corrected chi connectivity index (χ2v) is 13.9. The van der Waals surface area contributed by atoms with Crippen molar-refractivity contribution in [3.63, 3.8) is 0 Å². The van der Waals surface area contributed by atoms with Gasteiger partial charge in [-0.15, -0.1) is 0 Å². The molecule has 4 rings (SSSR count). The molecule has 230 valence electrons. The number of hydrogen-bond donors (Lipinski definition) is 1. The smallest absolute Gasteiger partial charge is 0.264 e. The van der Waals surface area contributed by atoms with E-state index < -0.39 is 28.5 Å². The fraction of sp³-hybridized carbons (Fsp3) is 0.212. The van der Waals surface area contributed by atoms with Crippen LogP contribution in [-0.2, 0) is 32.6 Å². The Hall–Kier alpha value is -3.12. The van der Waals surface area contributed by atoms with E-state index in [4.69, 9.17) is 23.2 Å². The summed E-state index contributed by atoms with van der Waals surface area (Å²) in [6.07, 6.45) is 0.892. The van der Waals surface area contributed by atoms with E-state index >= 15 is 0 Å². The van der Waals surface area contributed by atoms with Gasteiger partial charge in [0, 0.05) is 38.7 Å². The number of sulfonamides is 1. The molecule has 0 aliphatic carbocycles. The lowest BCUT2D eigenvalue weighted by molar-refractivity contribution is -0.140. The van der Waals surface area contributed by atoms with E-state index in [9.17, 15) is 18.0 Å². The van der Waals surface area contributed by atoms with Crippen molar-refractivity contribution in [3.8, 4) is 0 Å². The molecule has 4 aromatic carbocycles. The van der Waals surface area contributed by atoms with Crippen molar-refractivity contribution >= 4 is 73.3 Å². The van der Waals surface area contributed by atoms with Crippen LogP contribution in [0.25, 0.3) is 0 Å². The molecule has 0 saturated carbocycles. The van der Waals surface area contributed by atoms with Gasteiger partial charge >= 0.3 is 0 Å². The lowest BCUT2D eigenvalue weighted by Crippen LogP contribution is -2.53. The molecular weight excluding hydrogens is 732 g/mol. The number of rotatable bonds is 13. The summed E-state index contributed by atoms with van der Waals surface area (Å²) in [5.74, 6) is -0.953. The quantitative estimate of drug-likeness (QED) is 0.149. The molecular formula is C33H32Cl2IN3O4S. The fourth-order valence-electron chi connectivity index (χ4n) is 4.63. The van der Waals surface area contributed by atoms with Gasteiger partial charge in [-0.2, -0.15) is 0 Å². The van der Waals surface area contributed by atoms with Gasteiger partial charge < -0.3 is 10.2 Å². The maximum absolute atomic E-state index is 14.5. The average Bonchev–Trinajstić information content (AvgIpc) is 3.03. The molecule has 0 heterocycles. The van der Waals surface area contributed by atoms with Gasteiger partial charge in [0.1, 0.15) is 12.6 Å². The van der Waals surface area contributed by atoms with Crippen molar-refractivity contribution in [1.29, 1.82) is 0 Å². The van der Waals surface area contributed by atoms with Crippen LogP contribution in [0, 0.1) is 3.57 Å². The van der Waals surface area contributed by atoms with E-state index in [0.717, 1.165) is 13.4 Å². The van der Waals surface area contributed by atoms with Gasteiger partial charge in [-0.25, -0.2) is 8.42 Å². The highest BCUT2D eigenvalue weighted by Gasteiger charge is 2.35. The summed E-state index contributed by atoms with van der Waals surface area (Å²) in [6, 6.07) is 28.2. The summed E-state index contributed by atoms with van der Waals surface area (Å²) in [5.41, 5.74) is 1.60. The first kappa shape index (κ1) is 33.8. The minimum atomic E-state index is -4.17. The third-order valence-corrected chi connectivity index (χ3v) is 10.2. The second-order valence-electron chi connectivity index (χ2n) is 10.0. The molecule has 4 aromatic rings. The fourth-order valence-corrected chi connectivity index (χ4v) is 6.94. The SMILES string of the molecule is CCCNC(=O)[C@@H](Cc1ccccc1)N(Cc1c(Cl)cccc1Cl)C(=O)CN(c1ccc(I)cc1)S(=O)(=O)c1ccccc1. The van der Waals surface area contributed by atoms with E-state index in [1.807, 2.05) is 37.3 Å². The second kappa shape index (κ2) is 15.7. The molecule has 0 bridgehead atoms. The Kier molecular flexibility index (Phi) is 12.1. The number of carbonyl (C=O) groups excluding carboxylic acids is 2. The van der Waals surface area contributed by atoms with Gasteiger partial charge in [0.2, 0.25) is 11.8 Å². The molecule has 2 amide bonds. The monoisotopic (exact) mass is 763 g/mol. The van der Waals surface area contributed by atoms with Crippen LogP contribution in [0.1, 0.15) is 24.5 Å². The number of hydrogen-bond acceptors (Lipinski definition) is 4. The van der Waals surface area contributed by atoms with Gasteiger partial charge in [0.05, 0.1) is 10.6 Å². The number of nitrogens with one attached hydrogen (secondary N) is 1. The van der Waals surface area contributed by atoms with Gasteiger partial charge in [-0.05, 0) is 83.1 Å². The van der Waals surface area contributed by atoms with Gasteiger partial charge in [0.25, 0.3) is 10.0 Å². The predicted octanol–water partition coefficient (Wildman–Crippen LogP) is 6.96. The molecule has 11 heteroatoms. The third-order valence-electron chi connectivity index (χ3n) is 6.94. The largest absolute Gasteiger partial charge is 0.354 e. The standard InChI is InChI=1S/C33H32Cl2IN3O4S/c1-2-20-37-33(41)31(21-24-10-5-3-6-11-24)38(22-28-29(34)14-9-15-30(28)35)32(40)23-39(26-18-16-25(36)17-19-26)44(42,43)27-12-7-4-8-13-27/h3-19,31H,2,20-23H2,1H3,(H,37,41)/t31-/m1/s1. The normalized spacial score (nSPS) is 11.9. The predicted molar refractivity (Wildman–Crippen MR) is 184 cm³/mol. The molecule has 1 atom stereocenters. The molecule has 0 aliphatic heterocycles. The first-order valence-electron chi connectivity index (χ1n) is 14.0. The summed E-state index contributed by atoms with van der Waals surface area (Å²) in [7, 11) is -4.17. The Morgan fingerprint density at radius 1 is 0.841 bits per heavy atom. The summed E-state index contributed by atoms with van der Waals surface area (Å²) in [4.78, 5) is 29.6. The molecule has 0 radical (unpaired) electrons. The first-order chi connectivity index (χ1) is 21.1. The highest BCUT2D eigenvalue weighted by Crippen LogP contribution is 2.29. The highest BCUT2D eigenvalue weighted by atomic mass is 127. The Morgan fingerprint density at radius 3 is 2.02 bits per heavy atom. The molecule has 44 heavy (non-hydrogen) atoms. The number of amides is 2. The van der Waals surface area contributed by atoms with Crippen molar-refractivity contribution < 1.29 is 18.0 Å². The van der Waals surface area contributed by atoms with Crippen LogP contribution in [0.3, 0.4) is 0 Å². The minimum absolute atomic E-state index is 0.0357. The summed E-state index contributed by atoms with van der Waals surface area (Å²) in [6.45, 7) is 1.68. The summed E-state index contributed by atoms with van der Waals surface area (Å²) < 4.78 is 30.0. The maximum Gasteiger partial charge on any atom is 0.264 e. The third kappa shape index (κ3) is 8.53. The Bertz CT molecular complexity index is 1650.